The van der Waals surface area contributed by atoms with Gasteiger partial charge in [-0.1, -0.05) is 23.2 Å². The number of carbonyl (C=O) groups excluding carboxylic acids is 2. The molecule has 0 radical (unpaired) electrons. The molecule has 0 aliphatic carbocycles. The van der Waals surface area contributed by atoms with Crippen LogP contribution in [0.1, 0.15) is 24.2 Å². The first kappa shape index (κ1) is 21.3. The molecule has 29 heavy (non-hydrogen) atoms. The fourth-order valence-corrected chi connectivity index (χ4v) is 3.76. The van der Waals surface area contributed by atoms with E-state index in [4.69, 9.17) is 27.9 Å². The molecule has 0 aromatic heterocycles. The van der Waals surface area contributed by atoms with Gasteiger partial charge in [0.15, 0.2) is 0 Å². The van der Waals surface area contributed by atoms with Crippen LogP contribution in [0.25, 0.3) is 0 Å². The van der Waals surface area contributed by atoms with Crippen molar-refractivity contribution >= 4 is 46.4 Å². The number of halogens is 2. The van der Waals surface area contributed by atoms with Crippen molar-refractivity contribution in [2.45, 2.75) is 13.8 Å². The second-order valence-electron chi connectivity index (χ2n) is 6.69. The zero-order valence-corrected chi connectivity index (χ0v) is 17.9. The van der Waals surface area contributed by atoms with Gasteiger partial charge in [-0.25, -0.2) is 0 Å². The third kappa shape index (κ3) is 5.14. The van der Waals surface area contributed by atoms with Gasteiger partial charge in [0.1, 0.15) is 5.75 Å². The molecule has 154 valence electrons. The smallest absolute Gasteiger partial charge is 0.255 e. The van der Waals surface area contributed by atoms with Crippen LogP contribution >= 0.6 is 23.2 Å². The fraction of sp³-hybridized carbons (Fsp3) is 0.333. The summed E-state index contributed by atoms with van der Waals surface area (Å²) < 4.78 is 5.39. The van der Waals surface area contributed by atoms with Crippen molar-refractivity contribution < 1.29 is 14.3 Å². The van der Waals surface area contributed by atoms with E-state index in [-0.39, 0.29) is 11.8 Å². The van der Waals surface area contributed by atoms with Gasteiger partial charge in [-0.15, -0.1) is 0 Å². The Bertz CT molecular complexity index is 912. The van der Waals surface area contributed by atoms with Crippen molar-refractivity contribution in [1.29, 1.82) is 0 Å². The van der Waals surface area contributed by atoms with Crippen LogP contribution in [0.15, 0.2) is 36.4 Å². The largest absolute Gasteiger partial charge is 0.492 e. The number of hydrogen-bond acceptors (Lipinski definition) is 4. The van der Waals surface area contributed by atoms with Crippen LogP contribution in [0.5, 0.6) is 5.75 Å². The summed E-state index contributed by atoms with van der Waals surface area (Å²) >= 11 is 12.6. The second-order valence-corrected chi connectivity index (χ2v) is 7.51. The summed E-state index contributed by atoms with van der Waals surface area (Å²) in [6, 6.07) is 10.3. The number of anilines is 2. The molecule has 1 fully saturated rings. The quantitative estimate of drug-likeness (QED) is 0.759. The number of hydrogen-bond donors (Lipinski definition) is 1. The van der Waals surface area contributed by atoms with Crippen LogP contribution in [0.4, 0.5) is 11.4 Å². The Balaban J connectivity index is 1.67. The number of nitrogens with one attached hydrogen (secondary N) is 1. The van der Waals surface area contributed by atoms with Crippen LogP contribution in [0.3, 0.4) is 0 Å². The summed E-state index contributed by atoms with van der Waals surface area (Å²) in [6.45, 7) is 6.72. The van der Waals surface area contributed by atoms with Crippen molar-refractivity contribution in [3.63, 3.8) is 0 Å². The molecule has 1 heterocycles. The zero-order chi connectivity index (χ0) is 21.0. The van der Waals surface area contributed by atoms with Crippen molar-refractivity contribution in [3.05, 3.63) is 52.0 Å². The summed E-state index contributed by atoms with van der Waals surface area (Å²) in [5.74, 6) is 0.347. The SMILES string of the molecule is CCOc1ccc(C(=O)Nc2ccc(N3CCN(C(C)=O)CC3)c(Cl)c2)cc1Cl. The molecule has 0 bridgehead atoms. The van der Waals surface area contributed by atoms with E-state index < -0.39 is 0 Å². The van der Waals surface area contributed by atoms with E-state index >= 15 is 0 Å². The highest BCUT2D eigenvalue weighted by atomic mass is 35.5. The number of piperazine rings is 1. The molecule has 0 saturated carbocycles. The van der Waals surface area contributed by atoms with Gasteiger partial charge < -0.3 is 19.9 Å². The van der Waals surface area contributed by atoms with Crippen molar-refractivity contribution in [3.8, 4) is 5.75 Å². The molecule has 2 aromatic rings. The maximum Gasteiger partial charge on any atom is 0.255 e. The van der Waals surface area contributed by atoms with E-state index in [1.807, 2.05) is 24.0 Å². The minimum absolute atomic E-state index is 0.0863. The van der Waals surface area contributed by atoms with E-state index in [0.717, 1.165) is 18.8 Å². The van der Waals surface area contributed by atoms with E-state index in [1.165, 1.54) is 0 Å². The number of ether oxygens (including phenoxy) is 1. The van der Waals surface area contributed by atoms with Crippen molar-refractivity contribution in [2.75, 3.05) is 43.0 Å². The molecule has 8 heteroatoms. The lowest BCUT2D eigenvalue weighted by molar-refractivity contribution is -0.129. The van der Waals surface area contributed by atoms with Gasteiger partial charge in [0, 0.05) is 44.4 Å². The standard InChI is InChI=1S/C21H23Cl2N3O3/c1-3-29-20-7-4-15(12-18(20)23)21(28)24-16-5-6-19(17(22)13-16)26-10-8-25(9-11-26)14(2)27/h4-7,12-13H,3,8-11H2,1-2H3,(H,24,28). The van der Waals surface area contributed by atoms with Gasteiger partial charge in [-0.05, 0) is 43.3 Å². The maximum atomic E-state index is 12.5. The summed E-state index contributed by atoms with van der Waals surface area (Å²) in [6.07, 6.45) is 0. The van der Waals surface area contributed by atoms with Gasteiger partial charge in [0.2, 0.25) is 5.91 Å². The lowest BCUT2D eigenvalue weighted by Gasteiger charge is -2.36. The highest BCUT2D eigenvalue weighted by molar-refractivity contribution is 6.34. The van der Waals surface area contributed by atoms with Gasteiger partial charge in [-0.3, -0.25) is 9.59 Å². The first-order valence-electron chi connectivity index (χ1n) is 9.42. The van der Waals surface area contributed by atoms with Crippen LogP contribution in [0, 0.1) is 0 Å². The summed E-state index contributed by atoms with van der Waals surface area (Å²) in [5, 5.41) is 3.77. The van der Waals surface area contributed by atoms with Crippen LogP contribution in [-0.4, -0.2) is 49.5 Å². The molecule has 1 aliphatic rings. The normalized spacial score (nSPS) is 13.9. The number of carbonyl (C=O) groups is 2. The average Bonchev–Trinajstić information content (AvgIpc) is 2.70. The van der Waals surface area contributed by atoms with E-state index in [2.05, 4.69) is 10.2 Å². The molecular weight excluding hydrogens is 413 g/mol. The molecule has 0 spiro atoms. The topological polar surface area (TPSA) is 61.9 Å². The van der Waals surface area contributed by atoms with Gasteiger partial charge >= 0.3 is 0 Å². The highest BCUT2D eigenvalue weighted by Gasteiger charge is 2.20. The summed E-state index contributed by atoms with van der Waals surface area (Å²) in [7, 11) is 0. The Kier molecular flexibility index (Phi) is 6.87. The molecule has 1 N–H and O–H groups in total. The third-order valence-electron chi connectivity index (χ3n) is 4.77. The van der Waals surface area contributed by atoms with Crippen LogP contribution in [0.2, 0.25) is 10.0 Å². The number of benzene rings is 2. The number of rotatable bonds is 5. The van der Waals surface area contributed by atoms with Crippen LogP contribution < -0.4 is 15.0 Å². The predicted octanol–water partition coefficient (Wildman–Crippen LogP) is 4.31. The van der Waals surface area contributed by atoms with Crippen LogP contribution in [-0.2, 0) is 4.79 Å². The van der Waals surface area contributed by atoms with Crippen molar-refractivity contribution in [1.82, 2.24) is 4.90 Å². The Morgan fingerprint density at radius 3 is 2.34 bits per heavy atom. The molecule has 1 saturated heterocycles. The predicted molar refractivity (Wildman–Crippen MR) is 116 cm³/mol. The Labute approximate surface area is 180 Å². The average molecular weight is 436 g/mol. The lowest BCUT2D eigenvalue weighted by atomic mass is 10.2. The molecule has 6 nitrogen and oxygen atoms in total. The fourth-order valence-electron chi connectivity index (χ4n) is 3.22. The minimum atomic E-state index is -0.283. The number of nitrogens with zero attached hydrogens (tertiary/aromatic N) is 2. The molecule has 3 rings (SSSR count). The summed E-state index contributed by atoms with van der Waals surface area (Å²) in [5.41, 5.74) is 1.91. The molecule has 0 atom stereocenters. The third-order valence-corrected chi connectivity index (χ3v) is 5.36. The Morgan fingerprint density at radius 1 is 1.03 bits per heavy atom. The molecular formula is C21H23Cl2N3O3. The molecule has 2 amide bonds. The van der Waals surface area contributed by atoms with E-state index in [0.29, 0.717) is 46.7 Å². The first-order valence-corrected chi connectivity index (χ1v) is 10.2. The lowest BCUT2D eigenvalue weighted by Crippen LogP contribution is -2.48. The minimum Gasteiger partial charge on any atom is -0.492 e. The van der Waals surface area contributed by atoms with E-state index in [1.54, 1.807) is 31.2 Å². The highest BCUT2D eigenvalue weighted by Crippen LogP contribution is 2.30. The van der Waals surface area contributed by atoms with Gasteiger partial charge in [0.25, 0.3) is 5.91 Å². The molecule has 1 aliphatic heterocycles. The Hall–Kier alpha value is -2.44. The summed E-state index contributed by atoms with van der Waals surface area (Å²) in [4.78, 5) is 28.0. The van der Waals surface area contributed by atoms with Gasteiger partial charge in [0.05, 0.1) is 22.3 Å². The van der Waals surface area contributed by atoms with E-state index in [9.17, 15) is 9.59 Å². The number of amides is 2. The molecule has 0 unspecified atom stereocenters. The second kappa shape index (κ2) is 9.37. The van der Waals surface area contributed by atoms with Crippen molar-refractivity contribution in [2.24, 2.45) is 0 Å². The monoisotopic (exact) mass is 435 g/mol. The van der Waals surface area contributed by atoms with Gasteiger partial charge in [-0.2, -0.15) is 0 Å². The zero-order valence-electron chi connectivity index (χ0n) is 16.4. The Morgan fingerprint density at radius 2 is 1.76 bits per heavy atom. The molecule has 2 aromatic carbocycles. The first-order chi connectivity index (χ1) is 13.9. The maximum absolute atomic E-state index is 12.5.